The third-order valence-electron chi connectivity index (χ3n) is 4.53. The second-order valence-electron chi connectivity index (χ2n) is 10.1. The summed E-state index contributed by atoms with van der Waals surface area (Å²) in [4.78, 5) is 33.3. The Bertz CT molecular complexity index is 1180. The van der Waals surface area contributed by atoms with Gasteiger partial charge in [0.2, 0.25) is 5.96 Å². The fourth-order valence-electron chi connectivity index (χ4n) is 3.12. The number of hydrogen-bond acceptors (Lipinski definition) is 7. The Morgan fingerprint density at radius 1 is 0.861 bits per heavy atom. The highest BCUT2D eigenvalue weighted by Crippen LogP contribution is 2.25. The summed E-state index contributed by atoms with van der Waals surface area (Å²) < 4.78 is 10.6. The molecule has 9 heteroatoms. The highest BCUT2D eigenvalue weighted by atomic mass is 32.1. The van der Waals surface area contributed by atoms with Gasteiger partial charge in [-0.25, -0.2) is 19.6 Å². The number of carbonyl (C=O) groups excluding carboxylic acids is 2. The van der Waals surface area contributed by atoms with Gasteiger partial charge in [0.15, 0.2) is 0 Å². The molecule has 0 atom stereocenters. The lowest BCUT2D eigenvalue weighted by Gasteiger charge is -2.22. The standard InChI is InChI=1S/C27H32N4O4S/c1-26(2,3)34-24(32)30-23(31-25(33)35-27(4,5)6)28-15-18-8-7-9-21(14-18)19-10-12-20(13-11-19)22-16-36-17-29-22/h7-14,16-17H,15H2,1-6H3,(H2,28,30,31,32,33). The topological polar surface area (TPSA) is 102 Å². The van der Waals surface area contributed by atoms with Gasteiger partial charge in [-0.3, -0.25) is 10.6 Å². The van der Waals surface area contributed by atoms with Gasteiger partial charge in [-0.05, 0) is 64.3 Å². The molecule has 0 aliphatic rings. The van der Waals surface area contributed by atoms with Gasteiger partial charge in [0, 0.05) is 10.9 Å². The molecule has 190 valence electrons. The first kappa shape index (κ1) is 26.9. The lowest BCUT2D eigenvalue weighted by molar-refractivity contribution is 0.0545. The van der Waals surface area contributed by atoms with Crippen LogP contribution in [0.3, 0.4) is 0 Å². The van der Waals surface area contributed by atoms with Crippen LogP contribution >= 0.6 is 11.3 Å². The number of thiazole rings is 1. The van der Waals surface area contributed by atoms with Crippen LogP contribution in [0, 0.1) is 0 Å². The molecule has 0 saturated heterocycles. The summed E-state index contributed by atoms with van der Waals surface area (Å²) in [5, 5.41) is 7.01. The normalized spacial score (nSPS) is 11.4. The number of aliphatic imine (C=N–C) groups is 1. The Morgan fingerprint density at radius 2 is 1.44 bits per heavy atom. The highest BCUT2D eigenvalue weighted by molar-refractivity contribution is 7.07. The zero-order valence-corrected chi connectivity index (χ0v) is 22.2. The Morgan fingerprint density at radius 3 is 1.97 bits per heavy atom. The average molecular weight is 509 g/mol. The Labute approximate surface area is 215 Å². The molecule has 0 bridgehead atoms. The van der Waals surface area contributed by atoms with Crippen molar-refractivity contribution in [3.8, 4) is 22.4 Å². The van der Waals surface area contributed by atoms with Crippen molar-refractivity contribution in [3.05, 3.63) is 65.0 Å². The van der Waals surface area contributed by atoms with Crippen LogP contribution in [0.4, 0.5) is 9.59 Å². The minimum atomic E-state index is -0.730. The number of carbonyl (C=O) groups is 2. The zero-order valence-electron chi connectivity index (χ0n) is 21.4. The van der Waals surface area contributed by atoms with E-state index in [0.29, 0.717) is 0 Å². The Kier molecular flexibility index (Phi) is 8.47. The molecule has 2 N–H and O–H groups in total. The average Bonchev–Trinajstić information content (AvgIpc) is 3.30. The van der Waals surface area contributed by atoms with Crippen molar-refractivity contribution in [2.75, 3.05) is 0 Å². The number of benzene rings is 2. The van der Waals surface area contributed by atoms with E-state index in [2.05, 4.69) is 32.7 Å². The first-order valence-electron chi connectivity index (χ1n) is 11.5. The van der Waals surface area contributed by atoms with Crippen LogP contribution in [0.25, 0.3) is 22.4 Å². The molecule has 1 aromatic heterocycles. The fourth-order valence-corrected chi connectivity index (χ4v) is 3.68. The molecule has 3 aromatic rings. The van der Waals surface area contributed by atoms with Crippen LogP contribution < -0.4 is 10.6 Å². The molecule has 8 nitrogen and oxygen atoms in total. The van der Waals surface area contributed by atoms with Crippen LogP contribution in [0.1, 0.15) is 47.1 Å². The maximum atomic E-state index is 12.3. The molecular formula is C27H32N4O4S. The number of rotatable bonds is 4. The smallest absolute Gasteiger partial charge is 0.414 e. The van der Waals surface area contributed by atoms with Crippen molar-refractivity contribution < 1.29 is 19.1 Å². The van der Waals surface area contributed by atoms with Gasteiger partial charge in [-0.15, -0.1) is 11.3 Å². The molecule has 2 aromatic carbocycles. The Balaban J connectivity index is 1.76. The largest absolute Gasteiger partial charge is 0.444 e. The summed E-state index contributed by atoms with van der Waals surface area (Å²) in [6, 6.07) is 16.1. The molecule has 0 saturated carbocycles. The maximum Gasteiger partial charge on any atom is 0.414 e. The summed E-state index contributed by atoms with van der Waals surface area (Å²) in [6.45, 7) is 10.7. The lowest BCUT2D eigenvalue weighted by atomic mass is 10.0. The van der Waals surface area contributed by atoms with Crippen LogP contribution in [-0.2, 0) is 16.0 Å². The summed E-state index contributed by atoms with van der Waals surface area (Å²) >= 11 is 1.57. The van der Waals surface area contributed by atoms with Gasteiger partial charge in [-0.2, -0.15) is 0 Å². The third-order valence-corrected chi connectivity index (χ3v) is 5.12. The Hall–Kier alpha value is -3.72. The molecule has 0 fully saturated rings. The number of nitrogens with zero attached hydrogens (tertiary/aromatic N) is 2. The molecule has 36 heavy (non-hydrogen) atoms. The van der Waals surface area contributed by atoms with E-state index in [9.17, 15) is 9.59 Å². The highest BCUT2D eigenvalue weighted by Gasteiger charge is 2.21. The third kappa shape index (κ3) is 8.81. The van der Waals surface area contributed by atoms with E-state index in [0.717, 1.165) is 27.9 Å². The van der Waals surface area contributed by atoms with Gasteiger partial charge in [0.05, 0.1) is 17.7 Å². The van der Waals surface area contributed by atoms with Crippen LogP contribution in [0.15, 0.2) is 64.4 Å². The molecule has 0 aliphatic carbocycles. The summed E-state index contributed by atoms with van der Waals surface area (Å²) in [5.74, 6) is -0.0588. The summed E-state index contributed by atoms with van der Waals surface area (Å²) in [7, 11) is 0. The van der Waals surface area contributed by atoms with E-state index in [1.54, 1.807) is 52.9 Å². The van der Waals surface area contributed by atoms with E-state index in [1.807, 2.05) is 47.3 Å². The first-order chi connectivity index (χ1) is 16.9. The van der Waals surface area contributed by atoms with Crippen molar-refractivity contribution in [1.29, 1.82) is 0 Å². The fraction of sp³-hybridized carbons (Fsp3) is 0.333. The van der Waals surface area contributed by atoms with Crippen molar-refractivity contribution in [2.24, 2.45) is 4.99 Å². The first-order valence-corrected chi connectivity index (χ1v) is 12.4. The van der Waals surface area contributed by atoms with Gasteiger partial charge < -0.3 is 9.47 Å². The number of aromatic nitrogens is 1. The summed E-state index contributed by atoms with van der Waals surface area (Å²) in [5.41, 5.74) is 5.40. The number of guanidine groups is 1. The molecule has 3 rings (SSSR count). The van der Waals surface area contributed by atoms with Gasteiger partial charge in [0.25, 0.3) is 0 Å². The minimum Gasteiger partial charge on any atom is -0.444 e. The number of alkyl carbamates (subject to hydrolysis) is 2. The minimum absolute atomic E-state index is 0.0588. The van der Waals surface area contributed by atoms with Crippen molar-refractivity contribution >= 4 is 29.5 Å². The van der Waals surface area contributed by atoms with Crippen molar-refractivity contribution in [3.63, 3.8) is 0 Å². The molecule has 1 heterocycles. The second-order valence-corrected chi connectivity index (χ2v) is 10.8. The van der Waals surface area contributed by atoms with Gasteiger partial charge in [-0.1, -0.05) is 42.5 Å². The molecule has 2 amide bonds. The van der Waals surface area contributed by atoms with Crippen LogP contribution in [0.2, 0.25) is 0 Å². The molecule has 0 radical (unpaired) electrons. The maximum absolute atomic E-state index is 12.3. The molecule has 0 spiro atoms. The monoisotopic (exact) mass is 508 g/mol. The van der Waals surface area contributed by atoms with Crippen LogP contribution in [0.5, 0.6) is 0 Å². The second kappa shape index (κ2) is 11.3. The van der Waals surface area contributed by atoms with Gasteiger partial charge >= 0.3 is 12.2 Å². The quantitative estimate of drug-likeness (QED) is 0.314. The van der Waals surface area contributed by atoms with Crippen molar-refractivity contribution in [2.45, 2.75) is 59.3 Å². The summed E-state index contributed by atoms with van der Waals surface area (Å²) in [6.07, 6.45) is -1.46. The lowest BCUT2D eigenvalue weighted by Crippen LogP contribution is -2.47. The van der Waals surface area contributed by atoms with E-state index in [1.165, 1.54) is 0 Å². The number of amides is 2. The van der Waals surface area contributed by atoms with Gasteiger partial charge in [0.1, 0.15) is 11.2 Å². The van der Waals surface area contributed by atoms with E-state index < -0.39 is 23.4 Å². The number of nitrogens with one attached hydrogen (secondary N) is 2. The van der Waals surface area contributed by atoms with E-state index >= 15 is 0 Å². The molecule has 0 aliphatic heterocycles. The zero-order chi connectivity index (χ0) is 26.3. The number of ether oxygens (including phenoxy) is 2. The molecule has 0 unspecified atom stereocenters. The van der Waals surface area contributed by atoms with Crippen molar-refractivity contribution in [1.82, 2.24) is 15.6 Å². The van der Waals surface area contributed by atoms with E-state index in [-0.39, 0.29) is 12.5 Å². The van der Waals surface area contributed by atoms with E-state index in [4.69, 9.17) is 9.47 Å². The van der Waals surface area contributed by atoms with Crippen LogP contribution in [-0.4, -0.2) is 34.3 Å². The number of hydrogen-bond donors (Lipinski definition) is 2. The molecular weight excluding hydrogens is 476 g/mol. The SMILES string of the molecule is CC(C)(C)OC(=O)NC(=NCc1cccc(-c2ccc(-c3cscn3)cc2)c1)NC(=O)OC(C)(C)C. The predicted octanol–water partition coefficient (Wildman–Crippen LogP) is 6.38. The predicted molar refractivity (Wildman–Crippen MR) is 143 cm³/mol.